The van der Waals surface area contributed by atoms with E-state index < -0.39 is 53.5 Å². The molecule has 2 aromatic heterocycles. The maximum Gasteiger partial charge on any atom is 0.303 e. The highest BCUT2D eigenvalue weighted by Gasteiger charge is 2.52. The van der Waals surface area contributed by atoms with Gasteiger partial charge >= 0.3 is 17.9 Å². The molecule has 3 aromatic rings. The lowest BCUT2D eigenvalue weighted by atomic mass is 9.96. The molecule has 4 rings (SSSR count). The lowest BCUT2D eigenvalue weighted by Crippen LogP contribution is -2.57. The molecule has 5 atom stereocenters. The molecule has 1 aliphatic heterocycles. The predicted molar refractivity (Wildman–Crippen MR) is 137 cm³/mol. The second-order valence-electron chi connectivity index (χ2n) is 8.10. The zero-order chi connectivity index (χ0) is 27.4. The summed E-state index contributed by atoms with van der Waals surface area (Å²) in [4.78, 5) is 40.8. The zero-order valence-corrected chi connectivity index (χ0v) is 23.5. The molecule has 0 amide bonds. The van der Waals surface area contributed by atoms with Crippen LogP contribution < -0.4 is 0 Å². The van der Waals surface area contributed by atoms with E-state index in [9.17, 15) is 18.8 Å². The number of hydrogen-bond acceptors (Lipinski definition) is 12. The van der Waals surface area contributed by atoms with Crippen molar-refractivity contribution in [2.75, 3.05) is 6.61 Å². The van der Waals surface area contributed by atoms with Crippen molar-refractivity contribution in [3.63, 3.8) is 0 Å². The van der Waals surface area contributed by atoms with E-state index in [2.05, 4.69) is 31.2 Å². The summed E-state index contributed by atoms with van der Waals surface area (Å²) in [6, 6.07) is 3.45. The third-order valence-corrected chi connectivity index (χ3v) is 7.82. The maximum atomic E-state index is 13.9. The van der Waals surface area contributed by atoms with Crippen LogP contribution in [0.25, 0.3) is 10.7 Å². The molecule has 1 aliphatic rings. The molecular formula is C23H22BrFN4O7S2. The van der Waals surface area contributed by atoms with Gasteiger partial charge in [-0.2, -0.15) is 0 Å². The Bertz CT molecular complexity index is 1310. The molecule has 1 aromatic carbocycles. The minimum absolute atomic E-state index is 0.234. The van der Waals surface area contributed by atoms with Crippen molar-refractivity contribution >= 4 is 56.9 Å². The van der Waals surface area contributed by atoms with Gasteiger partial charge in [-0.25, -0.2) is 14.1 Å². The summed E-state index contributed by atoms with van der Waals surface area (Å²) in [5, 5.41) is 10.8. The minimum Gasteiger partial charge on any atom is -0.463 e. The van der Waals surface area contributed by atoms with Crippen LogP contribution in [0.2, 0.25) is 0 Å². The van der Waals surface area contributed by atoms with Gasteiger partial charge in [-0.3, -0.25) is 14.4 Å². The number of rotatable bonds is 8. The number of aromatic nitrogens is 4. The van der Waals surface area contributed by atoms with E-state index in [0.29, 0.717) is 15.6 Å². The molecule has 1 fully saturated rings. The van der Waals surface area contributed by atoms with Gasteiger partial charge in [0.2, 0.25) is 0 Å². The molecular weight excluding hydrogens is 607 g/mol. The second-order valence-corrected chi connectivity index (χ2v) is 11.0. The highest BCUT2D eigenvalue weighted by molar-refractivity contribution is 9.10. The molecule has 0 aliphatic carbocycles. The Morgan fingerprint density at radius 3 is 2.53 bits per heavy atom. The summed E-state index contributed by atoms with van der Waals surface area (Å²) in [5.41, 5.74) is -0.445. The number of halogens is 2. The number of carbonyl (C=O) groups is 3. The second kappa shape index (κ2) is 12.3. The Kier molecular flexibility index (Phi) is 9.12. The van der Waals surface area contributed by atoms with Crippen molar-refractivity contribution in [3.05, 3.63) is 46.3 Å². The topological polar surface area (TPSA) is 132 Å². The van der Waals surface area contributed by atoms with Gasteiger partial charge in [0.05, 0.1) is 10.7 Å². The molecule has 1 saturated heterocycles. The first kappa shape index (κ1) is 28.1. The van der Waals surface area contributed by atoms with Crippen LogP contribution in [0.1, 0.15) is 26.8 Å². The summed E-state index contributed by atoms with van der Waals surface area (Å²) in [5.74, 6) is -2.26. The number of hydrogen-bond donors (Lipinski definition) is 0. The summed E-state index contributed by atoms with van der Waals surface area (Å²) in [6.07, 6.45) is 0.123. The van der Waals surface area contributed by atoms with Gasteiger partial charge < -0.3 is 18.9 Å². The van der Waals surface area contributed by atoms with Crippen LogP contribution in [-0.4, -0.2) is 68.2 Å². The van der Waals surface area contributed by atoms with Crippen molar-refractivity contribution < 1.29 is 37.7 Å². The van der Waals surface area contributed by atoms with Crippen molar-refractivity contribution in [2.45, 2.75) is 55.5 Å². The number of thiazole rings is 1. The van der Waals surface area contributed by atoms with Crippen molar-refractivity contribution in [2.24, 2.45) is 0 Å². The van der Waals surface area contributed by atoms with E-state index in [1.165, 1.54) is 42.9 Å². The largest absolute Gasteiger partial charge is 0.463 e. The molecule has 0 saturated carbocycles. The molecule has 202 valence electrons. The number of carbonyl (C=O) groups excluding carboxylic acids is 3. The molecule has 0 spiro atoms. The van der Waals surface area contributed by atoms with Crippen LogP contribution in [0, 0.1) is 5.82 Å². The molecule has 11 nitrogen and oxygen atoms in total. The smallest absolute Gasteiger partial charge is 0.303 e. The Morgan fingerprint density at radius 2 is 1.89 bits per heavy atom. The molecule has 15 heteroatoms. The standard InChI is InChI=1S/C23H22BrFN4O7S2/c1-11(30)33-10-18-20(34-12(2)31)19(29-9-17(27-28-29)22-26-6-7-37-22)21(35-13(3)32)23(36-18)38-14-4-5-16(25)15(24)8-14/h4-9,18-21,23H,10H2,1-3H3/t18?,19?,20-,21?,23+/m0/s1. The maximum absolute atomic E-state index is 13.9. The highest BCUT2D eigenvalue weighted by Crippen LogP contribution is 2.42. The number of ether oxygens (including phenoxy) is 4. The van der Waals surface area contributed by atoms with Crippen LogP contribution >= 0.6 is 39.0 Å². The van der Waals surface area contributed by atoms with Crippen LogP contribution in [0.4, 0.5) is 4.39 Å². The molecule has 38 heavy (non-hydrogen) atoms. The minimum atomic E-state index is -1.08. The lowest BCUT2D eigenvalue weighted by Gasteiger charge is -2.44. The van der Waals surface area contributed by atoms with Gasteiger partial charge in [0, 0.05) is 37.2 Å². The monoisotopic (exact) mass is 628 g/mol. The highest BCUT2D eigenvalue weighted by atomic mass is 79.9. The van der Waals surface area contributed by atoms with E-state index in [1.807, 2.05) is 0 Å². The van der Waals surface area contributed by atoms with Gasteiger partial charge in [-0.05, 0) is 34.1 Å². The van der Waals surface area contributed by atoms with Crippen LogP contribution in [0.3, 0.4) is 0 Å². The Hall–Kier alpha value is -2.88. The van der Waals surface area contributed by atoms with Gasteiger partial charge in [0.25, 0.3) is 0 Å². The average Bonchev–Trinajstić information content (AvgIpc) is 3.54. The number of benzene rings is 1. The SMILES string of the molecule is CC(=O)OCC1O[C@H](Sc2ccc(F)c(Br)c2)C(OC(C)=O)C(n2cc(-c3nccs3)nn2)[C@H]1OC(C)=O. The van der Waals surface area contributed by atoms with E-state index in [1.54, 1.807) is 29.9 Å². The molecule has 3 heterocycles. The Morgan fingerprint density at radius 1 is 1.16 bits per heavy atom. The van der Waals surface area contributed by atoms with E-state index in [0.717, 1.165) is 11.8 Å². The summed E-state index contributed by atoms with van der Waals surface area (Å²) >= 11 is 5.68. The Balaban J connectivity index is 1.78. The van der Waals surface area contributed by atoms with E-state index >= 15 is 0 Å². The number of thioether (sulfide) groups is 1. The van der Waals surface area contributed by atoms with Crippen LogP contribution in [0.15, 0.2) is 45.3 Å². The van der Waals surface area contributed by atoms with Gasteiger partial charge in [-0.15, -0.1) is 16.4 Å². The lowest BCUT2D eigenvalue weighted by molar-refractivity contribution is -0.212. The van der Waals surface area contributed by atoms with Gasteiger partial charge in [-0.1, -0.05) is 17.0 Å². The number of esters is 3. The van der Waals surface area contributed by atoms with Crippen molar-refractivity contribution in [1.82, 2.24) is 20.0 Å². The fraction of sp³-hybridized carbons (Fsp3) is 0.391. The summed E-state index contributed by atoms with van der Waals surface area (Å²) in [6.45, 7) is 3.44. The summed E-state index contributed by atoms with van der Waals surface area (Å²) in [7, 11) is 0. The molecule has 3 unspecified atom stereocenters. The van der Waals surface area contributed by atoms with Gasteiger partial charge in [0.1, 0.15) is 40.7 Å². The quantitative estimate of drug-likeness (QED) is 0.266. The zero-order valence-electron chi connectivity index (χ0n) is 20.3. The third kappa shape index (κ3) is 6.76. The predicted octanol–water partition coefficient (Wildman–Crippen LogP) is 3.79. The van der Waals surface area contributed by atoms with Crippen molar-refractivity contribution in [3.8, 4) is 10.7 Å². The fourth-order valence-electron chi connectivity index (χ4n) is 3.83. The first-order valence-corrected chi connectivity index (χ1v) is 13.7. The van der Waals surface area contributed by atoms with E-state index in [-0.39, 0.29) is 11.1 Å². The Labute approximate surface area is 233 Å². The molecule has 0 bridgehead atoms. The van der Waals surface area contributed by atoms with E-state index in [4.69, 9.17) is 18.9 Å². The normalized spacial score (nSPS) is 23.0. The van der Waals surface area contributed by atoms with Gasteiger partial charge in [0.15, 0.2) is 12.2 Å². The van der Waals surface area contributed by atoms with Crippen LogP contribution in [0.5, 0.6) is 0 Å². The van der Waals surface area contributed by atoms with Crippen molar-refractivity contribution in [1.29, 1.82) is 0 Å². The van der Waals surface area contributed by atoms with Crippen LogP contribution in [-0.2, 0) is 33.3 Å². The number of nitrogens with zero attached hydrogens (tertiary/aromatic N) is 4. The average molecular weight is 629 g/mol. The first-order valence-electron chi connectivity index (χ1n) is 11.2. The third-order valence-electron chi connectivity index (χ3n) is 5.28. The first-order chi connectivity index (χ1) is 18.1. The molecule has 0 radical (unpaired) electrons. The fourth-order valence-corrected chi connectivity index (χ4v) is 6.10. The summed E-state index contributed by atoms with van der Waals surface area (Å²) < 4.78 is 38.3. The molecule has 0 N–H and O–H groups in total.